The van der Waals surface area contributed by atoms with Crippen molar-refractivity contribution in [3.8, 4) is 11.5 Å². The van der Waals surface area contributed by atoms with Gasteiger partial charge in [-0.2, -0.15) is 0 Å². The third-order valence-electron chi connectivity index (χ3n) is 3.87. The minimum Gasteiger partial charge on any atom is -0.506 e. The second-order valence-electron chi connectivity index (χ2n) is 5.41. The summed E-state index contributed by atoms with van der Waals surface area (Å²) < 4.78 is 10.1. The quantitative estimate of drug-likeness (QED) is 0.569. The van der Waals surface area contributed by atoms with Crippen molar-refractivity contribution in [1.82, 2.24) is 0 Å². The number of phenols is 1. The van der Waals surface area contributed by atoms with E-state index in [0.717, 1.165) is 5.39 Å². The van der Waals surface area contributed by atoms with E-state index in [1.165, 1.54) is 13.2 Å². The van der Waals surface area contributed by atoms with E-state index >= 15 is 0 Å². The van der Waals surface area contributed by atoms with Gasteiger partial charge in [-0.15, -0.1) is 0 Å². The molecule has 5 heteroatoms. The first kappa shape index (κ1) is 16.5. The van der Waals surface area contributed by atoms with Gasteiger partial charge in [0, 0.05) is 10.9 Å². The smallest absolute Gasteiger partial charge is 0.342 e. The molecule has 0 aliphatic rings. The Hall–Kier alpha value is -3.34. The summed E-state index contributed by atoms with van der Waals surface area (Å²) in [6.45, 7) is -0.405. The zero-order valence-electron chi connectivity index (χ0n) is 13.6. The fourth-order valence-electron chi connectivity index (χ4n) is 2.49. The van der Waals surface area contributed by atoms with Crippen molar-refractivity contribution in [3.05, 3.63) is 71.8 Å². The maximum absolute atomic E-state index is 12.2. The Balaban J connectivity index is 1.72. The molecule has 126 valence electrons. The Bertz CT molecular complexity index is 928. The maximum atomic E-state index is 12.2. The number of ketones is 1. The first-order chi connectivity index (χ1) is 12.1. The number of hydrogen-bond donors (Lipinski definition) is 1. The summed E-state index contributed by atoms with van der Waals surface area (Å²) in [7, 11) is 1.54. The van der Waals surface area contributed by atoms with Crippen molar-refractivity contribution in [2.24, 2.45) is 0 Å². The van der Waals surface area contributed by atoms with Gasteiger partial charge >= 0.3 is 5.97 Å². The molecule has 3 aromatic rings. The number of aromatic hydroxyl groups is 1. The van der Waals surface area contributed by atoms with Gasteiger partial charge in [0.2, 0.25) is 0 Å². The van der Waals surface area contributed by atoms with Crippen LogP contribution in [0.4, 0.5) is 0 Å². The Labute approximate surface area is 144 Å². The molecule has 0 radical (unpaired) electrons. The van der Waals surface area contributed by atoms with Gasteiger partial charge in [0.25, 0.3) is 0 Å². The summed E-state index contributed by atoms with van der Waals surface area (Å²) >= 11 is 0. The van der Waals surface area contributed by atoms with Gasteiger partial charge in [-0.3, -0.25) is 4.79 Å². The van der Waals surface area contributed by atoms with Crippen LogP contribution < -0.4 is 4.74 Å². The fraction of sp³-hybridized carbons (Fsp3) is 0.100. The number of phenolic OH excluding ortho intramolecular Hbond substituents is 1. The lowest BCUT2D eigenvalue weighted by Gasteiger charge is -2.08. The van der Waals surface area contributed by atoms with Crippen LogP contribution in [-0.4, -0.2) is 30.6 Å². The first-order valence-corrected chi connectivity index (χ1v) is 7.65. The van der Waals surface area contributed by atoms with Crippen LogP contribution in [0.3, 0.4) is 0 Å². The molecule has 0 aliphatic heterocycles. The molecular formula is C20H16O5. The number of carbonyl (C=O) groups excluding carboxylic acids is 2. The minimum atomic E-state index is -0.745. The molecule has 0 saturated heterocycles. The van der Waals surface area contributed by atoms with Crippen LogP contribution >= 0.6 is 0 Å². The number of benzene rings is 3. The Morgan fingerprint density at radius 3 is 2.40 bits per heavy atom. The molecule has 3 aromatic carbocycles. The van der Waals surface area contributed by atoms with Crippen LogP contribution in [0.15, 0.2) is 60.7 Å². The monoisotopic (exact) mass is 336 g/mol. The molecule has 0 fully saturated rings. The lowest BCUT2D eigenvalue weighted by molar-refractivity contribution is 0.0472. The Kier molecular flexibility index (Phi) is 4.66. The summed E-state index contributed by atoms with van der Waals surface area (Å²) in [6, 6.07) is 16.9. The number of carbonyl (C=O) groups is 2. The third kappa shape index (κ3) is 3.45. The van der Waals surface area contributed by atoms with Crippen LogP contribution in [0, 0.1) is 0 Å². The predicted molar refractivity (Wildman–Crippen MR) is 93.2 cm³/mol. The molecule has 25 heavy (non-hydrogen) atoms. The van der Waals surface area contributed by atoms with Gasteiger partial charge in [-0.1, -0.05) is 30.3 Å². The Morgan fingerprint density at radius 2 is 1.68 bits per heavy atom. The van der Waals surface area contributed by atoms with Crippen LogP contribution in [0.5, 0.6) is 11.5 Å². The van der Waals surface area contributed by atoms with E-state index < -0.39 is 12.6 Å². The number of fused-ring (bicyclic) bond motifs is 1. The minimum absolute atomic E-state index is 0.0289. The molecule has 5 nitrogen and oxygen atoms in total. The van der Waals surface area contributed by atoms with Gasteiger partial charge in [0.15, 0.2) is 12.4 Å². The van der Waals surface area contributed by atoms with Crippen molar-refractivity contribution in [3.63, 3.8) is 0 Å². The van der Waals surface area contributed by atoms with Gasteiger partial charge < -0.3 is 14.6 Å². The molecule has 0 saturated carbocycles. The van der Waals surface area contributed by atoms with E-state index in [-0.39, 0.29) is 17.1 Å². The zero-order valence-corrected chi connectivity index (χ0v) is 13.6. The summed E-state index contributed by atoms with van der Waals surface area (Å²) in [5.41, 5.74) is 0.442. The highest BCUT2D eigenvalue weighted by Crippen LogP contribution is 2.29. The van der Waals surface area contributed by atoms with Gasteiger partial charge in [0.05, 0.1) is 7.11 Å². The molecule has 0 bridgehead atoms. The van der Waals surface area contributed by atoms with Crippen molar-refractivity contribution in [1.29, 1.82) is 0 Å². The van der Waals surface area contributed by atoms with E-state index in [1.54, 1.807) is 42.5 Å². The molecule has 0 aromatic heterocycles. The van der Waals surface area contributed by atoms with E-state index in [9.17, 15) is 14.7 Å². The number of methoxy groups -OCH3 is 1. The topological polar surface area (TPSA) is 72.8 Å². The SMILES string of the molecule is COc1ccc(C(=O)COC(=O)c2ccc3ccccc3c2O)cc1. The highest BCUT2D eigenvalue weighted by Gasteiger charge is 2.17. The largest absolute Gasteiger partial charge is 0.506 e. The summed E-state index contributed by atoms with van der Waals surface area (Å²) in [6.07, 6.45) is 0. The van der Waals surface area contributed by atoms with E-state index in [4.69, 9.17) is 9.47 Å². The van der Waals surface area contributed by atoms with Crippen molar-refractivity contribution < 1.29 is 24.2 Å². The van der Waals surface area contributed by atoms with E-state index in [0.29, 0.717) is 16.7 Å². The normalized spacial score (nSPS) is 10.4. The van der Waals surface area contributed by atoms with Gasteiger partial charge in [-0.05, 0) is 35.7 Å². The lowest BCUT2D eigenvalue weighted by Crippen LogP contribution is -2.14. The molecule has 0 amide bonds. The van der Waals surface area contributed by atoms with E-state index in [1.807, 2.05) is 12.1 Å². The molecule has 3 rings (SSSR count). The predicted octanol–water partition coefficient (Wildman–Crippen LogP) is 3.59. The molecule has 0 unspecified atom stereocenters. The van der Waals surface area contributed by atoms with Crippen molar-refractivity contribution in [2.75, 3.05) is 13.7 Å². The summed E-state index contributed by atoms with van der Waals surface area (Å²) in [4.78, 5) is 24.3. The third-order valence-corrected chi connectivity index (χ3v) is 3.87. The van der Waals surface area contributed by atoms with Gasteiger partial charge in [-0.25, -0.2) is 4.79 Å². The molecule has 0 atom stereocenters. The number of ether oxygens (including phenoxy) is 2. The van der Waals surface area contributed by atoms with Crippen LogP contribution in [0.1, 0.15) is 20.7 Å². The highest BCUT2D eigenvalue weighted by atomic mass is 16.5. The first-order valence-electron chi connectivity index (χ1n) is 7.65. The second kappa shape index (κ2) is 7.05. The van der Waals surface area contributed by atoms with Crippen molar-refractivity contribution in [2.45, 2.75) is 0 Å². The number of esters is 1. The molecule has 0 heterocycles. The maximum Gasteiger partial charge on any atom is 0.342 e. The number of Topliss-reactive ketones (excluding diaryl/α,β-unsaturated/α-hetero) is 1. The molecule has 1 N–H and O–H groups in total. The highest BCUT2D eigenvalue weighted by molar-refractivity contribution is 6.03. The average molecular weight is 336 g/mol. The van der Waals surface area contributed by atoms with Gasteiger partial charge in [0.1, 0.15) is 17.1 Å². The van der Waals surface area contributed by atoms with E-state index in [2.05, 4.69) is 0 Å². The lowest BCUT2D eigenvalue weighted by atomic mass is 10.1. The fourth-order valence-corrected chi connectivity index (χ4v) is 2.49. The Morgan fingerprint density at radius 1 is 0.960 bits per heavy atom. The van der Waals surface area contributed by atoms with Crippen LogP contribution in [0.25, 0.3) is 10.8 Å². The zero-order chi connectivity index (χ0) is 17.8. The molecular weight excluding hydrogens is 320 g/mol. The van der Waals surface area contributed by atoms with Crippen molar-refractivity contribution >= 4 is 22.5 Å². The van der Waals surface area contributed by atoms with Crippen LogP contribution in [-0.2, 0) is 4.74 Å². The molecule has 0 aliphatic carbocycles. The molecule has 0 spiro atoms. The summed E-state index contributed by atoms with van der Waals surface area (Å²) in [5.74, 6) is -0.601. The van der Waals surface area contributed by atoms with Crippen LogP contribution in [0.2, 0.25) is 0 Å². The number of hydrogen-bond acceptors (Lipinski definition) is 5. The standard InChI is InChI=1S/C20H16O5/c1-24-15-9-6-14(7-10-15)18(21)12-25-20(23)17-11-8-13-4-2-3-5-16(13)19(17)22/h2-11,22H,12H2,1H3. The average Bonchev–Trinajstić information content (AvgIpc) is 2.66. The number of rotatable bonds is 5. The summed E-state index contributed by atoms with van der Waals surface area (Å²) in [5, 5.41) is 11.6. The second-order valence-corrected chi connectivity index (χ2v) is 5.41.